The third kappa shape index (κ3) is 5.27. The van der Waals surface area contributed by atoms with Crippen LogP contribution in [0.4, 0.5) is 5.82 Å². The maximum absolute atomic E-state index is 11.0. The number of primary amides is 1. The van der Waals surface area contributed by atoms with E-state index in [0.29, 0.717) is 5.69 Å². The first kappa shape index (κ1) is 17.8. The van der Waals surface area contributed by atoms with E-state index in [1.165, 1.54) is 0 Å². The van der Waals surface area contributed by atoms with Crippen molar-refractivity contribution < 1.29 is 9.78 Å². The third-order valence-corrected chi connectivity index (χ3v) is 3.80. The third-order valence-electron chi connectivity index (χ3n) is 3.80. The summed E-state index contributed by atoms with van der Waals surface area (Å²) in [5.74, 6) is 0.499. The molecule has 128 valence electrons. The van der Waals surface area contributed by atoms with Crippen LogP contribution in [0.25, 0.3) is 11.4 Å². The van der Waals surface area contributed by atoms with E-state index < -0.39 is 0 Å². The summed E-state index contributed by atoms with van der Waals surface area (Å²) >= 11 is 0. The van der Waals surface area contributed by atoms with Gasteiger partial charge in [0.2, 0.25) is 5.91 Å². The van der Waals surface area contributed by atoms with Crippen LogP contribution in [0.3, 0.4) is 0 Å². The van der Waals surface area contributed by atoms with Gasteiger partial charge in [-0.15, -0.1) is 0 Å². The summed E-state index contributed by atoms with van der Waals surface area (Å²) in [5.41, 5.74) is 7.48. The topological polar surface area (TPSA) is 98.3 Å². The first-order chi connectivity index (χ1) is 11.6. The number of anilines is 1. The highest BCUT2D eigenvalue weighted by Crippen LogP contribution is 2.14. The van der Waals surface area contributed by atoms with E-state index in [-0.39, 0.29) is 12.3 Å². The lowest BCUT2D eigenvalue weighted by atomic mass is 10.1. The van der Waals surface area contributed by atoms with Crippen LogP contribution in [0.2, 0.25) is 0 Å². The van der Waals surface area contributed by atoms with Crippen LogP contribution in [-0.4, -0.2) is 47.0 Å². The molecular formula is C17H25N6O+. The maximum atomic E-state index is 11.0. The summed E-state index contributed by atoms with van der Waals surface area (Å²) in [7, 11) is 0. The summed E-state index contributed by atoms with van der Waals surface area (Å²) in [6, 6.07) is 3.61. The maximum Gasteiger partial charge on any atom is 0.291 e. The summed E-state index contributed by atoms with van der Waals surface area (Å²) in [6.07, 6.45) is 5.41. The first-order valence-electron chi connectivity index (χ1n) is 8.20. The zero-order valence-electron chi connectivity index (χ0n) is 14.2. The van der Waals surface area contributed by atoms with Crippen LogP contribution >= 0.6 is 0 Å². The van der Waals surface area contributed by atoms with Crippen molar-refractivity contribution in [3.8, 4) is 11.4 Å². The fourth-order valence-corrected chi connectivity index (χ4v) is 2.41. The molecule has 24 heavy (non-hydrogen) atoms. The Kier molecular flexibility index (Phi) is 6.62. The number of hydrogen-bond acceptors (Lipinski definition) is 5. The molecule has 1 amide bonds. The molecule has 0 bridgehead atoms. The molecule has 7 heteroatoms. The van der Waals surface area contributed by atoms with Crippen molar-refractivity contribution in [2.24, 2.45) is 5.73 Å². The van der Waals surface area contributed by atoms with Crippen LogP contribution < -0.4 is 16.0 Å². The van der Waals surface area contributed by atoms with Gasteiger partial charge in [-0.1, -0.05) is 13.8 Å². The second kappa shape index (κ2) is 8.93. The molecule has 0 aromatic carbocycles. The molecule has 0 aliphatic rings. The Bertz CT molecular complexity index is 654. The fraction of sp³-hybridized carbons (Fsp3) is 0.412. The molecule has 2 heterocycles. The molecule has 2 rings (SSSR count). The number of nitrogens with one attached hydrogen (secondary N) is 2. The van der Waals surface area contributed by atoms with E-state index >= 15 is 0 Å². The lowest BCUT2D eigenvalue weighted by molar-refractivity contribution is -0.361. The Labute approximate surface area is 142 Å². The number of aromatic amines is 1. The molecule has 0 fully saturated rings. The molecule has 0 saturated carbocycles. The van der Waals surface area contributed by atoms with E-state index in [9.17, 15) is 4.79 Å². The van der Waals surface area contributed by atoms with Crippen LogP contribution in [0.5, 0.6) is 0 Å². The van der Waals surface area contributed by atoms with Gasteiger partial charge in [-0.05, 0) is 30.8 Å². The van der Waals surface area contributed by atoms with Crippen molar-refractivity contribution in [3.05, 3.63) is 36.3 Å². The number of rotatable bonds is 9. The number of likely N-dealkylation sites (N-methyl/N-ethyl adjacent to an activating group) is 1. The van der Waals surface area contributed by atoms with Gasteiger partial charge in [0.05, 0.1) is 18.7 Å². The smallest absolute Gasteiger partial charge is 0.291 e. The molecule has 0 aliphatic heterocycles. The SMILES string of the molecule is CCN(CC)CCNc1cnc(-c2cc(CC(N)=O)ccn2)c[nH+]1. The molecule has 0 radical (unpaired) electrons. The molecule has 0 atom stereocenters. The monoisotopic (exact) mass is 329 g/mol. The van der Waals surface area contributed by atoms with E-state index in [2.05, 4.69) is 39.0 Å². The highest BCUT2D eigenvalue weighted by atomic mass is 16.1. The fourth-order valence-electron chi connectivity index (χ4n) is 2.41. The first-order valence-corrected chi connectivity index (χ1v) is 8.20. The molecule has 0 aliphatic carbocycles. The number of carbonyl (C=O) groups is 1. The zero-order chi connectivity index (χ0) is 17.4. The predicted octanol–water partition coefficient (Wildman–Crippen LogP) is 0.739. The van der Waals surface area contributed by atoms with Crippen LogP contribution in [0.1, 0.15) is 19.4 Å². The van der Waals surface area contributed by atoms with Crippen LogP contribution in [0.15, 0.2) is 30.7 Å². The molecular weight excluding hydrogens is 304 g/mol. The van der Waals surface area contributed by atoms with Gasteiger partial charge in [0.25, 0.3) is 5.82 Å². The number of carbonyl (C=O) groups excluding carboxylic acids is 1. The Morgan fingerprint density at radius 3 is 2.71 bits per heavy atom. The van der Waals surface area contributed by atoms with Gasteiger partial charge in [-0.2, -0.15) is 0 Å². The average Bonchev–Trinajstić information content (AvgIpc) is 2.59. The van der Waals surface area contributed by atoms with Crippen LogP contribution in [-0.2, 0) is 11.2 Å². The summed E-state index contributed by atoms with van der Waals surface area (Å²) < 4.78 is 0. The minimum absolute atomic E-state index is 0.199. The van der Waals surface area contributed by atoms with Crippen molar-refractivity contribution in [3.63, 3.8) is 0 Å². The molecule has 4 N–H and O–H groups in total. The predicted molar refractivity (Wildman–Crippen MR) is 93.2 cm³/mol. The number of nitrogens with two attached hydrogens (primary N) is 1. The second-order valence-electron chi connectivity index (χ2n) is 5.49. The van der Waals surface area contributed by atoms with Crippen LogP contribution in [0, 0.1) is 0 Å². The van der Waals surface area contributed by atoms with Crippen molar-refractivity contribution in [1.29, 1.82) is 0 Å². The quantitative estimate of drug-likeness (QED) is 0.707. The Hall–Kier alpha value is -2.54. The van der Waals surface area contributed by atoms with E-state index in [1.807, 2.05) is 6.07 Å². The van der Waals surface area contributed by atoms with Gasteiger partial charge in [0.15, 0.2) is 0 Å². The Morgan fingerprint density at radius 1 is 1.29 bits per heavy atom. The number of hydrogen-bond donors (Lipinski definition) is 2. The minimum Gasteiger partial charge on any atom is -0.369 e. The van der Waals surface area contributed by atoms with E-state index in [1.54, 1.807) is 24.7 Å². The van der Waals surface area contributed by atoms with Crippen molar-refractivity contribution in [2.45, 2.75) is 20.3 Å². The molecule has 2 aromatic rings. The molecule has 2 aromatic heterocycles. The average molecular weight is 329 g/mol. The highest BCUT2D eigenvalue weighted by Gasteiger charge is 2.08. The van der Waals surface area contributed by atoms with Crippen molar-refractivity contribution in [1.82, 2.24) is 14.9 Å². The molecule has 0 unspecified atom stereocenters. The number of nitrogens with zero attached hydrogens (tertiary/aromatic N) is 3. The highest BCUT2D eigenvalue weighted by molar-refractivity contribution is 5.76. The molecule has 0 saturated heterocycles. The van der Waals surface area contributed by atoms with Gasteiger partial charge in [-0.3, -0.25) is 15.1 Å². The van der Waals surface area contributed by atoms with Gasteiger partial charge in [0.1, 0.15) is 18.1 Å². The summed E-state index contributed by atoms with van der Waals surface area (Å²) in [5, 5.41) is 3.32. The van der Waals surface area contributed by atoms with Crippen molar-refractivity contribution in [2.75, 3.05) is 31.5 Å². The Balaban J connectivity index is 1.97. The lowest BCUT2D eigenvalue weighted by Crippen LogP contribution is -2.29. The molecule has 7 nitrogen and oxygen atoms in total. The van der Waals surface area contributed by atoms with E-state index in [4.69, 9.17) is 5.73 Å². The van der Waals surface area contributed by atoms with Gasteiger partial charge >= 0.3 is 0 Å². The number of aromatic nitrogens is 3. The zero-order valence-corrected chi connectivity index (χ0v) is 14.2. The standard InChI is InChI=1S/C17H24N6O/c1-3-23(4-2)8-7-20-17-12-21-15(11-22-17)14-9-13(5-6-19-14)10-16(18)24/h5-6,9,11-12H,3-4,7-8,10H2,1-2H3,(H2,18,24)(H,20,22)/p+1. The van der Waals surface area contributed by atoms with E-state index in [0.717, 1.165) is 43.3 Å². The normalized spacial score (nSPS) is 10.8. The van der Waals surface area contributed by atoms with Gasteiger partial charge in [-0.25, -0.2) is 9.97 Å². The minimum atomic E-state index is -0.362. The largest absolute Gasteiger partial charge is 0.369 e. The molecule has 0 spiro atoms. The summed E-state index contributed by atoms with van der Waals surface area (Å²) in [4.78, 5) is 25.3. The number of pyridine rings is 1. The van der Waals surface area contributed by atoms with Crippen molar-refractivity contribution >= 4 is 11.7 Å². The second-order valence-corrected chi connectivity index (χ2v) is 5.49. The number of amides is 1. The lowest BCUT2D eigenvalue weighted by Gasteiger charge is -2.16. The van der Waals surface area contributed by atoms with Gasteiger partial charge in [0, 0.05) is 12.7 Å². The summed E-state index contributed by atoms with van der Waals surface area (Å²) in [6.45, 7) is 8.25. The Morgan fingerprint density at radius 2 is 2.08 bits per heavy atom. The van der Waals surface area contributed by atoms with Gasteiger partial charge < -0.3 is 10.6 Å². The number of H-pyrrole nitrogens is 1.